The fourth-order valence-electron chi connectivity index (χ4n) is 4.43. The fraction of sp³-hybridized carbons (Fsp3) is 0.696. The van der Waals surface area contributed by atoms with E-state index in [-0.39, 0.29) is 23.1 Å². The van der Waals surface area contributed by atoms with Crippen LogP contribution >= 0.6 is 0 Å². The number of likely N-dealkylation sites (tertiary alicyclic amines) is 2. The van der Waals surface area contributed by atoms with Gasteiger partial charge in [-0.25, -0.2) is 0 Å². The highest BCUT2D eigenvalue weighted by Crippen LogP contribution is 2.26. The number of nitrogens with one attached hydrogen (secondary N) is 1. The average molecular weight is 401 g/mol. The second kappa shape index (κ2) is 9.70. The van der Waals surface area contributed by atoms with Gasteiger partial charge in [0.1, 0.15) is 0 Å². The van der Waals surface area contributed by atoms with E-state index >= 15 is 0 Å². The highest BCUT2D eigenvalue weighted by molar-refractivity contribution is 5.79. The molecule has 1 atom stereocenters. The molecule has 2 aliphatic rings. The number of nitrogens with zero attached hydrogens (tertiary/aromatic N) is 3. The van der Waals surface area contributed by atoms with Crippen molar-refractivity contribution in [2.45, 2.75) is 65.5 Å². The van der Waals surface area contributed by atoms with Crippen LogP contribution in [0.25, 0.3) is 0 Å². The highest BCUT2D eigenvalue weighted by Gasteiger charge is 2.33. The molecule has 2 aliphatic heterocycles. The van der Waals surface area contributed by atoms with E-state index in [1.807, 2.05) is 17.0 Å². The number of pyridine rings is 1. The zero-order chi connectivity index (χ0) is 20.9. The van der Waals surface area contributed by atoms with E-state index in [4.69, 9.17) is 0 Å². The number of piperidine rings is 2. The van der Waals surface area contributed by atoms with Gasteiger partial charge in [0.05, 0.1) is 5.92 Å². The summed E-state index contributed by atoms with van der Waals surface area (Å²) in [6.45, 7) is 10.5. The van der Waals surface area contributed by atoms with Crippen molar-refractivity contribution in [3.05, 3.63) is 30.1 Å². The Morgan fingerprint density at radius 1 is 1.17 bits per heavy atom. The molecule has 6 heteroatoms. The van der Waals surface area contributed by atoms with Gasteiger partial charge in [0.15, 0.2) is 0 Å². The zero-order valence-electron chi connectivity index (χ0n) is 18.2. The molecule has 2 saturated heterocycles. The Labute approximate surface area is 175 Å². The molecule has 1 N–H and O–H groups in total. The molecule has 1 aromatic heterocycles. The fourth-order valence-corrected chi connectivity index (χ4v) is 4.43. The van der Waals surface area contributed by atoms with Gasteiger partial charge >= 0.3 is 0 Å². The summed E-state index contributed by atoms with van der Waals surface area (Å²) in [7, 11) is 0. The molecule has 6 nitrogen and oxygen atoms in total. The standard InChI is InChI=1S/C23H36N4O2/c1-23(2,3)14-21(28)26-12-8-20(9-13-26)27-11-5-7-19(17-27)22(29)25-16-18-6-4-10-24-15-18/h4,6,10,15,19-20H,5,7-9,11-14,16-17H2,1-3H3,(H,25,29)/t19-/m1/s1. The van der Waals surface area contributed by atoms with Gasteiger partial charge in [-0.3, -0.25) is 19.5 Å². The van der Waals surface area contributed by atoms with Crippen LogP contribution in [0.4, 0.5) is 0 Å². The minimum Gasteiger partial charge on any atom is -0.352 e. The van der Waals surface area contributed by atoms with Crippen LogP contribution in [0.2, 0.25) is 0 Å². The Hall–Kier alpha value is -1.95. The van der Waals surface area contributed by atoms with Crippen molar-refractivity contribution in [1.82, 2.24) is 20.1 Å². The van der Waals surface area contributed by atoms with Crippen molar-refractivity contribution in [3.63, 3.8) is 0 Å². The van der Waals surface area contributed by atoms with Crippen molar-refractivity contribution < 1.29 is 9.59 Å². The third kappa shape index (κ3) is 6.53. The summed E-state index contributed by atoms with van der Waals surface area (Å²) in [5.41, 5.74) is 1.07. The minimum absolute atomic E-state index is 0.0389. The third-order valence-electron chi connectivity index (χ3n) is 6.03. The van der Waals surface area contributed by atoms with E-state index in [1.165, 1.54) is 0 Å². The Morgan fingerprint density at radius 3 is 2.59 bits per heavy atom. The number of hydrogen-bond donors (Lipinski definition) is 1. The van der Waals surface area contributed by atoms with Gasteiger partial charge in [-0.1, -0.05) is 26.8 Å². The molecule has 3 rings (SSSR count). The largest absolute Gasteiger partial charge is 0.352 e. The SMILES string of the molecule is CC(C)(C)CC(=O)N1CCC(N2CCC[C@@H](C(=O)NCc3cccnc3)C2)CC1. The second-order valence-electron chi connectivity index (χ2n) is 9.76. The molecular weight excluding hydrogens is 364 g/mol. The lowest BCUT2D eigenvalue weighted by Gasteiger charge is -2.42. The lowest BCUT2D eigenvalue weighted by Crippen LogP contribution is -2.51. The Morgan fingerprint density at radius 2 is 1.93 bits per heavy atom. The Balaban J connectivity index is 1.45. The van der Waals surface area contributed by atoms with Gasteiger partial charge in [0, 0.05) is 51.0 Å². The molecule has 2 fully saturated rings. The predicted molar refractivity (Wildman–Crippen MR) is 114 cm³/mol. The van der Waals surface area contributed by atoms with Gasteiger partial charge in [-0.15, -0.1) is 0 Å². The molecular formula is C23H36N4O2. The monoisotopic (exact) mass is 400 g/mol. The summed E-state index contributed by atoms with van der Waals surface area (Å²) in [5.74, 6) is 0.486. The van der Waals surface area contributed by atoms with Crippen molar-refractivity contribution in [1.29, 1.82) is 0 Å². The number of hydrogen-bond acceptors (Lipinski definition) is 4. The van der Waals surface area contributed by atoms with Crippen LogP contribution in [-0.4, -0.2) is 58.8 Å². The van der Waals surface area contributed by atoms with E-state index in [9.17, 15) is 9.59 Å². The molecule has 2 amide bonds. The molecule has 0 bridgehead atoms. The van der Waals surface area contributed by atoms with E-state index in [1.54, 1.807) is 12.4 Å². The average Bonchev–Trinajstić information content (AvgIpc) is 2.72. The van der Waals surface area contributed by atoms with Crippen LogP contribution in [-0.2, 0) is 16.1 Å². The van der Waals surface area contributed by atoms with Gasteiger partial charge < -0.3 is 10.2 Å². The zero-order valence-corrected chi connectivity index (χ0v) is 18.2. The molecule has 0 saturated carbocycles. The smallest absolute Gasteiger partial charge is 0.224 e. The van der Waals surface area contributed by atoms with E-state index in [2.05, 4.69) is 36.0 Å². The maximum atomic E-state index is 12.7. The number of rotatable bonds is 5. The Bertz CT molecular complexity index is 678. The molecule has 0 radical (unpaired) electrons. The number of amides is 2. The summed E-state index contributed by atoms with van der Waals surface area (Å²) in [4.78, 5) is 33.8. The van der Waals surface area contributed by atoms with Crippen molar-refractivity contribution in [2.24, 2.45) is 11.3 Å². The lowest BCUT2D eigenvalue weighted by molar-refractivity contribution is -0.134. The summed E-state index contributed by atoms with van der Waals surface area (Å²) in [6, 6.07) is 4.36. The molecule has 0 aliphatic carbocycles. The summed E-state index contributed by atoms with van der Waals surface area (Å²) >= 11 is 0. The first-order valence-corrected chi connectivity index (χ1v) is 11.0. The molecule has 0 aromatic carbocycles. The quantitative estimate of drug-likeness (QED) is 0.825. The summed E-state index contributed by atoms with van der Waals surface area (Å²) in [5, 5.41) is 3.08. The maximum absolute atomic E-state index is 12.7. The number of aromatic nitrogens is 1. The third-order valence-corrected chi connectivity index (χ3v) is 6.03. The van der Waals surface area contributed by atoms with Crippen LogP contribution in [0.1, 0.15) is 58.4 Å². The first-order chi connectivity index (χ1) is 13.8. The van der Waals surface area contributed by atoms with E-state index < -0.39 is 0 Å². The van der Waals surface area contributed by atoms with Crippen LogP contribution in [0, 0.1) is 11.3 Å². The van der Waals surface area contributed by atoms with Crippen molar-refractivity contribution in [2.75, 3.05) is 26.2 Å². The van der Waals surface area contributed by atoms with Crippen LogP contribution in [0.15, 0.2) is 24.5 Å². The predicted octanol–water partition coefficient (Wildman–Crippen LogP) is 2.84. The first-order valence-electron chi connectivity index (χ1n) is 11.0. The van der Waals surface area contributed by atoms with E-state index in [0.717, 1.165) is 57.4 Å². The van der Waals surface area contributed by atoms with Crippen LogP contribution in [0.5, 0.6) is 0 Å². The first kappa shape index (κ1) is 21.8. The van der Waals surface area contributed by atoms with Crippen LogP contribution < -0.4 is 5.32 Å². The summed E-state index contributed by atoms with van der Waals surface area (Å²) < 4.78 is 0. The van der Waals surface area contributed by atoms with Gasteiger partial charge in [0.25, 0.3) is 0 Å². The van der Waals surface area contributed by atoms with Crippen LogP contribution in [0.3, 0.4) is 0 Å². The van der Waals surface area contributed by atoms with Crippen molar-refractivity contribution in [3.8, 4) is 0 Å². The maximum Gasteiger partial charge on any atom is 0.224 e. The second-order valence-corrected chi connectivity index (χ2v) is 9.76. The molecule has 29 heavy (non-hydrogen) atoms. The highest BCUT2D eigenvalue weighted by atomic mass is 16.2. The number of carbonyl (C=O) groups excluding carboxylic acids is 2. The summed E-state index contributed by atoms with van der Waals surface area (Å²) in [6.07, 6.45) is 8.20. The normalized spacial score (nSPS) is 21.8. The van der Waals surface area contributed by atoms with E-state index in [0.29, 0.717) is 19.0 Å². The number of carbonyl (C=O) groups is 2. The molecule has 3 heterocycles. The lowest BCUT2D eigenvalue weighted by atomic mass is 9.90. The van der Waals surface area contributed by atoms with Gasteiger partial charge in [-0.05, 0) is 49.3 Å². The van der Waals surface area contributed by atoms with Crippen molar-refractivity contribution >= 4 is 11.8 Å². The Kier molecular flexibility index (Phi) is 7.28. The topological polar surface area (TPSA) is 65.5 Å². The molecule has 0 spiro atoms. The van der Waals surface area contributed by atoms with Gasteiger partial charge in [-0.2, -0.15) is 0 Å². The molecule has 1 aromatic rings. The minimum atomic E-state index is 0.0389. The molecule has 0 unspecified atom stereocenters. The molecule has 160 valence electrons. The van der Waals surface area contributed by atoms with Gasteiger partial charge in [0.2, 0.25) is 11.8 Å².